The normalized spacial score (nSPS) is 10.3. The fourth-order valence-electron chi connectivity index (χ4n) is 1.64. The van der Waals surface area contributed by atoms with Gasteiger partial charge in [-0.1, -0.05) is 23.7 Å². The van der Waals surface area contributed by atoms with Gasteiger partial charge in [-0.25, -0.2) is 4.98 Å². The third kappa shape index (κ3) is 4.25. The number of hydrogen-bond donors (Lipinski definition) is 1. The van der Waals surface area contributed by atoms with Gasteiger partial charge in [-0.2, -0.15) is 0 Å². The Balaban J connectivity index is 1.82. The van der Waals surface area contributed by atoms with Crippen molar-refractivity contribution in [3.05, 3.63) is 53.2 Å². The zero-order valence-corrected chi connectivity index (χ0v) is 12.7. The lowest BCUT2D eigenvalue weighted by molar-refractivity contribution is -0.115. The van der Waals surface area contributed by atoms with Gasteiger partial charge in [0.25, 0.3) is 0 Å². The van der Waals surface area contributed by atoms with Gasteiger partial charge in [0.15, 0.2) is 0 Å². The molecule has 1 N–H and O–H groups in total. The molecule has 1 aromatic carbocycles. The quantitative estimate of drug-likeness (QED) is 0.843. The molecule has 20 heavy (non-hydrogen) atoms. The van der Waals surface area contributed by atoms with E-state index in [-0.39, 0.29) is 5.91 Å². The van der Waals surface area contributed by atoms with Gasteiger partial charge in [0.1, 0.15) is 0 Å². The Morgan fingerprint density at radius 1 is 1.30 bits per heavy atom. The first-order valence-electron chi connectivity index (χ1n) is 6.25. The maximum atomic E-state index is 11.9. The van der Waals surface area contributed by atoms with Crippen molar-refractivity contribution in [3.63, 3.8) is 0 Å². The van der Waals surface area contributed by atoms with Crippen LogP contribution in [0.1, 0.15) is 12.0 Å². The van der Waals surface area contributed by atoms with E-state index in [1.54, 1.807) is 18.0 Å². The topological polar surface area (TPSA) is 42.0 Å². The SMILES string of the molecule is Cc1c(Cl)cccc1NC(=O)CCSc1ccccn1. The first-order valence-corrected chi connectivity index (χ1v) is 7.62. The van der Waals surface area contributed by atoms with Crippen molar-refractivity contribution in [2.24, 2.45) is 0 Å². The lowest BCUT2D eigenvalue weighted by Gasteiger charge is -2.09. The van der Waals surface area contributed by atoms with Gasteiger partial charge in [-0.3, -0.25) is 4.79 Å². The van der Waals surface area contributed by atoms with Crippen molar-refractivity contribution in [3.8, 4) is 0 Å². The van der Waals surface area contributed by atoms with Crippen LogP contribution in [-0.4, -0.2) is 16.6 Å². The largest absolute Gasteiger partial charge is 0.326 e. The Labute approximate surface area is 127 Å². The molecule has 0 aliphatic heterocycles. The molecule has 0 fully saturated rings. The van der Waals surface area contributed by atoms with Crippen LogP contribution in [0.2, 0.25) is 5.02 Å². The number of hydrogen-bond acceptors (Lipinski definition) is 3. The lowest BCUT2D eigenvalue weighted by Crippen LogP contribution is -2.13. The van der Waals surface area contributed by atoms with Gasteiger partial charge in [0, 0.05) is 29.1 Å². The highest BCUT2D eigenvalue weighted by molar-refractivity contribution is 7.99. The van der Waals surface area contributed by atoms with Crippen molar-refractivity contribution in [2.75, 3.05) is 11.1 Å². The number of pyridine rings is 1. The molecule has 0 unspecified atom stereocenters. The number of nitrogens with one attached hydrogen (secondary N) is 1. The molecule has 5 heteroatoms. The lowest BCUT2D eigenvalue weighted by atomic mass is 10.2. The van der Waals surface area contributed by atoms with Crippen LogP contribution in [0.25, 0.3) is 0 Å². The predicted molar refractivity (Wildman–Crippen MR) is 84.4 cm³/mol. The number of amides is 1. The molecule has 0 radical (unpaired) electrons. The molecule has 0 atom stereocenters. The van der Waals surface area contributed by atoms with E-state index in [4.69, 9.17) is 11.6 Å². The summed E-state index contributed by atoms with van der Waals surface area (Å²) in [6.07, 6.45) is 2.19. The zero-order valence-electron chi connectivity index (χ0n) is 11.1. The summed E-state index contributed by atoms with van der Waals surface area (Å²) in [6.45, 7) is 1.89. The van der Waals surface area contributed by atoms with Crippen LogP contribution in [0.15, 0.2) is 47.6 Å². The van der Waals surface area contributed by atoms with Gasteiger partial charge < -0.3 is 5.32 Å². The third-order valence-electron chi connectivity index (χ3n) is 2.76. The molecule has 3 nitrogen and oxygen atoms in total. The molecule has 2 rings (SSSR count). The summed E-state index contributed by atoms with van der Waals surface area (Å²) >= 11 is 7.59. The first kappa shape index (κ1) is 14.9. The highest BCUT2D eigenvalue weighted by atomic mass is 35.5. The molecular formula is C15H15ClN2OS. The van der Waals surface area contributed by atoms with Gasteiger partial charge in [0.05, 0.1) is 5.03 Å². The number of rotatable bonds is 5. The van der Waals surface area contributed by atoms with Crippen LogP contribution in [0.5, 0.6) is 0 Å². The van der Waals surface area contributed by atoms with E-state index in [0.29, 0.717) is 17.2 Å². The molecule has 1 amide bonds. The number of benzene rings is 1. The monoisotopic (exact) mass is 306 g/mol. The van der Waals surface area contributed by atoms with E-state index in [9.17, 15) is 4.79 Å². The molecule has 0 saturated carbocycles. The van der Waals surface area contributed by atoms with E-state index in [1.165, 1.54) is 0 Å². The third-order valence-corrected chi connectivity index (χ3v) is 4.11. The van der Waals surface area contributed by atoms with Gasteiger partial charge >= 0.3 is 0 Å². The molecular weight excluding hydrogens is 292 g/mol. The minimum absolute atomic E-state index is 0.0150. The number of aromatic nitrogens is 1. The summed E-state index contributed by atoms with van der Waals surface area (Å²) in [5.74, 6) is 0.682. The molecule has 1 aromatic heterocycles. The summed E-state index contributed by atoms with van der Waals surface area (Å²) in [6, 6.07) is 11.2. The standard InChI is InChI=1S/C15H15ClN2OS/c1-11-12(16)5-4-6-13(11)18-14(19)8-10-20-15-7-2-3-9-17-15/h2-7,9H,8,10H2,1H3,(H,18,19). The molecule has 0 aliphatic rings. The Kier molecular flexibility index (Phi) is 5.44. The Morgan fingerprint density at radius 2 is 2.15 bits per heavy atom. The van der Waals surface area contributed by atoms with E-state index >= 15 is 0 Å². The first-order chi connectivity index (χ1) is 9.66. The number of carbonyl (C=O) groups excluding carboxylic acids is 1. The second-order valence-corrected chi connectivity index (χ2v) is 5.75. The highest BCUT2D eigenvalue weighted by Crippen LogP contribution is 2.23. The van der Waals surface area contributed by atoms with Crippen LogP contribution >= 0.6 is 23.4 Å². The predicted octanol–water partition coefficient (Wildman–Crippen LogP) is 4.16. The maximum absolute atomic E-state index is 11.9. The smallest absolute Gasteiger partial charge is 0.225 e. The fourth-order valence-corrected chi connectivity index (χ4v) is 2.62. The average molecular weight is 307 g/mol. The highest BCUT2D eigenvalue weighted by Gasteiger charge is 2.07. The van der Waals surface area contributed by atoms with Gasteiger partial charge in [-0.05, 0) is 36.8 Å². The van der Waals surface area contributed by atoms with Crippen LogP contribution in [0.3, 0.4) is 0 Å². The average Bonchev–Trinajstić information content (AvgIpc) is 2.45. The number of anilines is 1. The number of nitrogens with zero attached hydrogens (tertiary/aromatic N) is 1. The second kappa shape index (κ2) is 7.31. The Morgan fingerprint density at radius 3 is 2.90 bits per heavy atom. The molecule has 0 saturated heterocycles. The van der Waals surface area contributed by atoms with E-state index < -0.39 is 0 Å². The van der Waals surface area contributed by atoms with Crippen molar-refractivity contribution >= 4 is 35.0 Å². The van der Waals surface area contributed by atoms with Crippen molar-refractivity contribution < 1.29 is 4.79 Å². The van der Waals surface area contributed by atoms with E-state index in [1.807, 2.05) is 43.3 Å². The Hall–Kier alpha value is -1.52. The summed E-state index contributed by atoms with van der Waals surface area (Å²) in [5.41, 5.74) is 1.66. The maximum Gasteiger partial charge on any atom is 0.225 e. The molecule has 1 heterocycles. The zero-order chi connectivity index (χ0) is 14.4. The Bertz CT molecular complexity index is 590. The molecule has 2 aromatic rings. The van der Waals surface area contributed by atoms with E-state index in [0.717, 1.165) is 16.3 Å². The summed E-state index contributed by atoms with van der Waals surface area (Å²) in [5, 5.41) is 4.47. The molecule has 0 aliphatic carbocycles. The summed E-state index contributed by atoms with van der Waals surface area (Å²) < 4.78 is 0. The molecule has 104 valence electrons. The molecule has 0 bridgehead atoms. The van der Waals surface area contributed by atoms with Crippen LogP contribution in [0, 0.1) is 6.92 Å². The number of halogens is 1. The van der Waals surface area contributed by atoms with Crippen molar-refractivity contribution in [1.82, 2.24) is 4.98 Å². The summed E-state index contributed by atoms with van der Waals surface area (Å²) in [4.78, 5) is 16.1. The minimum atomic E-state index is -0.0150. The van der Waals surface area contributed by atoms with Crippen molar-refractivity contribution in [1.29, 1.82) is 0 Å². The molecule has 0 spiro atoms. The van der Waals surface area contributed by atoms with Gasteiger partial charge in [0.2, 0.25) is 5.91 Å². The summed E-state index contributed by atoms with van der Waals surface area (Å²) in [7, 11) is 0. The van der Waals surface area contributed by atoms with Crippen LogP contribution in [0.4, 0.5) is 5.69 Å². The number of carbonyl (C=O) groups is 1. The van der Waals surface area contributed by atoms with Crippen LogP contribution < -0.4 is 5.32 Å². The van der Waals surface area contributed by atoms with Crippen LogP contribution in [-0.2, 0) is 4.79 Å². The number of thioether (sulfide) groups is 1. The van der Waals surface area contributed by atoms with Crippen molar-refractivity contribution in [2.45, 2.75) is 18.4 Å². The fraction of sp³-hybridized carbons (Fsp3) is 0.200. The van der Waals surface area contributed by atoms with E-state index in [2.05, 4.69) is 10.3 Å². The minimum Gasteiger partial charge on any atom is -0.326 e. The van der Waals surface area contributed by atoms with Gasteiger partial charge in [-0.15, -0.1) is 11.8 Å². The second-order valence-electron chi connectivity index (χ2n) is 4.23.